The maximum absolute atomic E-state index is 14.1. The van der Waals surface area contributed by atoms with Gasteiger partial charge in [-0.05, 0) is 55.2 Å². The molecule has 24 heavy (non-hydrogen) atoms. The van der Waals surface area contributed by atoms with Crippen molar-refractivity contribution in [2.75, 3.05) is 7.11 Å². The highest BCUT2D eigenvalue weighted by Crippen LogP contribution is 2.37. The molecule has 1 aliphatic rings. The predicted molar refractivity (Wildman–Crippen MR) is 95.3 cm³/mol. The smallest absolute Gasteiger partial charge is 0.129 e. The van der Waals surface area contributed by atoms with Crippen molar-refractivity contribution >= 4 is 0 Å². The first-order valence-electron chi connectivity index (χ1n) is 8.95. The van der Waals surface area contributed by atoms with Crippen molar-refractivity contribution in [3.8, 4) is 11.3 Å². The van der Waals surface area contributed by atoms with Crippen molar-refractivity contribution < 1.29 is 9.13 Å². The first kappa shape index (κ1) is 17.1. The van der Waals surface area contributed by atoms with Gasteiger partial charge in [0.2, 0.25) is 0 Å². The van der Waals surface area contributed by atoms with Crippen LogP contribution in [0.5, 0.6) is 0 Å². The molecule has 2 nitrogen and oxygen atoms in total. The normalized spacial score (nSPS) is 21.0. The van der Waals surface area contributed by atoms with Gasteiger partial charge in [0.1, 0.15) is 5.82 Å². The van der Waals surface area contributed by atoms with E-state index in [1.165, 1.54) is 37.7 Å². The number of halogens is 1. The Kier molecular flexibility index (Phi) is 5.62. The monoisotopic (exact) mass is 327 g/mol. The fourth-order valence-electron chi connectivity index (χ4n) is 3.70. The van der Waals surface area contributed by atoms with E-state index in [0.717, 1.165) is 17.2 Å². The summed E-state index contributed by atoms with van der Waals surface area (Å²) in [7, 11) is 1.57. The summed E-state index contributed by atoms with van der Waals surface area (Å²) in [4.78, 5) is 4.58. The van der Waals surface area contributed by atoms with E-state index in [2.05, 4.69) is 18.0 Å². The van der Waals surface area contributed by atoms with Crippen molar-refractivity contribution in [1.82, 2.24) is 4.98 Å². The van der Waals surface area contributed by atoms with Gasteiger partial charge in [-0.15, -0.1) is 0 Å². The lowest BCUT2D eigenvalue weighted by Gasteiger charge is -2.27. The number of benzene rings is 1. The van der Waals surface area contributed by atoms with E-state index in [9.17, 15) is 4.39 Å². The predicted octanol–water partition coefficient (Wildman–Crippen LogP) is 5.72. The maximum atomic E-state index is 14.1. The molecule has 1 heterocycles. The van der Waals surface area contributed by atoms with Gasteiger partial charge in [-0.25, -0.2) is 4.39 Å². The fourth-order valence-corrected chi connectivity index (χ4v) is 3.70. The number of methoxy groups -OCH3 is 1. The third kappa shape index (κ3) is 3.84. The molecule has 0 aliphatic heterocycles. The molecule has 1 aliphatic carbocycles. The molecule has 1 fully saturated rings. The standard InChI is InChI=1S/C21H26FNO/c1-3-15-4-6-16(7-5-15)18-10-11-21(23-13-18)17-8-9-19(14-24-2)20(22)12-17/h8-13,15-16H,3-7,14H2,1-2H3. The highest BCUT2D eigenvalue weighted by atomic mass is 19.1. The molecule has 0 N–H and O–H groups in total. The summed E-state index contributed by atoms with van der Waals surface area (Å²) in [6.07, 6.45) is 8.46. The molecule has 0 atom stereocenters. The number of aromatic nitrogens is 1. The van der Waals surface area contributed by atoms with Crippen molar-refractivity contribution in [2.24, 2.45) is 5.92 Å². The Morgan fingerprint density at radius 2 is 1.92 bits per heavy atom. The Balaban J connectivity index is 1.71. The van der Waals surface area contributed by atoms with Crippen molar-refractivity contribution in [2.45, 2.75) is 51.6 Å². The molecule has 3 rings (SSSR count). The van der Waals surface area contributed by atoms with Crippen molar-refractivity contribution in [3.63, 3.8) is 0 Å². The van der Waals surface area contributed by atoms with Gasteiger partial charge in [0.15, 0.2) is 0 Å². The van der Waals surface area contributed by atoms with Crippen LogP contribution in [0.3, 0.4) is 0 Å². The van der Waals surface area contributed by atoms with E-state index >= 15 is 0 Å². The van der Waals surface area contributed by atoms with Gasteiger partial charge >= 0.3 is 0 Å². The van der Waals surface area contributed by atoms with Crippen LogP contribution in [0.15, 0.2) is 36.5 Å². The second-order valence-electron chi connectivity index (χ2n) is 6.84. The largest absolute Gasteiger partial charge is 0.380 e. The number of pyridine rings is 1. The highest BCUT2D eigenvalue weighted by molar-refractivity contribution is 5.59. The van der Waals surface area contributed by atoms with Crippen LogP contribution >= 0.6 is 0 Å². The van der Waals surface area contributed by atoms with Crippen LogP contribution in [0.25, 0.3) is 11.3 Å². The van der Waals surface area contributed by atoms with Gasteiger partial charge in [0.25, 0.3) is 0 Å². The third-order valence-corrected chi connectivity index (χ3v) is 5.33. The first-order valence-corrected chi connectivity index (χ1v) is 8.95. The van der Waals surface area contributed by atoms with Gasteiger partial charge in [-0.3, -0.25) is 4.98 Å². The van der Waals surface area contributed by atoms with Gasteiger partial charge in [0, 0.05) is 24.4 Å². The van der Waals surface area contributed by atoms with E-state index in [-0.39, 0.29) is 5.82 Å². The average Bonchev–Trinajstić information content (AvgIpc) is 2.64. The summed E-state index contributed by atoms with van der Waals surface area (Å²) in [6.45, 7) is 2.58. The Morgan fingerprint density at radius 3 is 2.50 bits per heavy atom. The topological polar surface area (TPSA) is 22.1 Å². The van der Waals surface area contributed by atoms with E-state index < -0.39 is 0 Å². The molecule has 1 saturated carbocycles. The Hall–Kier alpha value is -1.74. The van der Waals surface area contributed by atoms with Gasteiger partial charge < -0.3 is 4.74 Å². The molecule has 0 saturated heterocycles. The molecular formula is C21H26FNO. The maximum Gasteiger partial charge on any atom is 0.129 e. The zero-order chi connectivity index (χ0) is 16.9. The Morgan fingerprint density at radius 1 is 1.12 bits per heavy atom. The van der Waals surface area contributed by atoms with Crippen LogP contribution < -0.4 is 0 Å². The summed E-state index contributed by atoms with van der Waals surface area (Å²) in [5, 5.41) is 0. The van der Waals surface area contributed by atoms with Gasteiger partial charge in [-0.2, -0.15) is 0 Å². The summed E-state index contributed by atoms with van der Waals surface area (Å²) < 4.78 is 19.1. The van der Waals surface area contributed by atoms with Crippen LogP contribution in [0.2, 0.25) is 0 Å². The molecule has 0 radical (unpaired) electrons. The van der Waals surface area contributed by atoms with Crippen LogP contribution in [0, 0.1) is 11.7 Å². The molecule has 1 aromatic heterocycles. The molecule has 0 unspecified atom stereocenters. The van der Waals surface area contributed by atoms with Crippen LogP contribution in [-0.2, 0) is 11.3 Å². The molecule has 128 valence electrons. The number of hydrogen-bond donors (Lipinski definition) is 0. The second kappa shape index (κ2) is 7.89. The minimum Gasteiger partial charge on any atom is -0.380 e. The van der Waals surface area contributed by atoms with Crippen molar-refractivity contribution in [3.05, 3.63) is 53.5 Å². The first-order chi connectivity index (χ1) is 11.7. The fraction of sp³-hybridized carbons (Fsp3) is 0.476. The molecule has 0 bridgehead atoms. The third-order valence-electron chi connectivity index (χ3n) is 5.33. The Bertz CT molecular complexity index is 660. The van der Waals surface area contributed by atoms with Crippen LogP contribution in [0.1, 0.15) is 56.1 Å². The van der Waals surface area contributed by atoms with E-state index in [1.807, 2.05) is 18.3 Å². The number of nitrogens with zero attached hydrogens (tertiary/aromatic N) is 1. The summed E-state index contributed by atoms with van der Waals surface area (Å²) in [5.41, 5.74) is 3.53. The van der Waals surface area contributed by atoms with Crippen LogP contribution in [0.4, 0.5) is 4.39 Å². The van der Waals surface area contributed by atoms with Crippen LogP contribution in [-0.4, -0.2) is 12.1 Å². The molecule has 3 heteroatoms. The minimum absolute atomic E-state index is 0.238. The number of ether oxygens (including phenoxy) is 1. The van der Waals surface area contributed by atoms with Gasteiger partial charge in [-0.1, -0.05) is 31.5 Å². The molecule has 0 spiro atoms. The lowest BCUT2D eigenvalue weighted by atomic mass is 9.78. The van der Waals surface area contributed by atoms with E-state index in [4.69, 9.17) is 4.74 Å². The lowest BCUT2D eigenvalue weighted by molar-refractivity contribution is 0.181. The summed E-state index contributed by atoms with van der Waals surface area (Å²) in [6, 6.07) is 9.41. The summed E-state index contributed by atoms with van der Waals surface area (Å²) >= 11 is 0. The zero-order valence-corrected chi connectivity index (χ0v) is 14.6. The minimum atomic E-state index is -0.238. The second-order valence-corrected chi connectivity index (χ2v) is 6.84. The highest BCUT2D eigenvalue weighted by Gasteiger charge is 2.21. The number of hydrogen-bond acceptors (Lipinski definition) is 2. The molecule has 0 amide bonds. The molecule has 2 aromatic rings. The van der Waals surface area contributed by atoms with E-state index in [0.29, 0.717) is 18.1 Å². The van der Waals surface area contributed by atoms with Gasteiger partial charge in [0.05, 0.1) is 12.3 Å². The van der Waals surface area contributed by atoms with Crippen molar-refractivity contribution in [1.29, 1.82) is 0 Å². The van der Waals surface area contributed by atoms with E-state index in [1.54, 1.807) is 19.2 Å². The lowest BCUT2D eigenvalue weighted by Crippen LogP contribution is -2.12. The zero-order valence-electron chi connectivity index (χ0n) is 14.6. The average molecular weight is 327 g/mol. The molecular weight excluding hydrogens is 301 g/mol. The summed E-state index contributed by atoms with van der Waals surface area (Å²) in [5.74, 6) is 1.30. The molecule has 1 aromatic carbocycles. The quantitative estimate of drug-likeness (QED) is 0.701. The SMILES string of the molecule is CCC1CCC(c2ccc(-c3ccc(COC)c(F)c3)nc2)CC1. The number of rotatable bonds is 5. The Labute approximate surface area is 144 Å².